The molecule has 1 saturated carbocycles. The van der Waals surface area contributed by atoms with E-state index < -0.39 is 11.3 Å². The molecule has 0 amide bonds. The predicted octanol–water partition coefficient (Wildman–Crippen LogP) is 2.33. The summed E-state index contributed by atoms with van der Waals surface area (Å²) in [6.07, 6.45) is -0.405. The van der Waals surface area contributed by atoms with E-state index in [-0.39, 0.29) is 19.4 Å². The number of hydrogen-bond acceptors (Lipinski definition) is 3. The van der Waals surface area contributed by atoms with Gasteiger partial charge in [0.2, 0.25) is 5.92 Å². The number of alkyl halides is 2. The summed E-state index contributed by atoms with van der Waals surface area (Å²) < 4.78 is 36.6. The van der Waals surface area contributed by atoms with Crippen molar-refractivity contribution in [2.24, 2.45) is 5.73 Å². The van der Waals surface area contributed by atoms with Crippen molar-refractivity contribution < 1.29 is 18.3 Å². The third-order valence-electron chi connectivity index (χ3n) is 3.58. The highest BCUT2D eigenvalue weighted by Crippen LogP contribution is 2.53. The van der Waals surface area contributed by atoms with Gasteiger partial charge in [-0.25, -0.2) is 8.78 Å². The Kier molecular flexibility index (Phi) is 3.19. The lowest BCUT2D eigenvalue weighted by Gasteiger charge is -2.47. The molecule has 2 rings (SSSR count). The Balaban J connectivity index is 2.33. The lowest BCUT2D eigenvalue weighted by Crippen LogP contribution is -2.53. The maximum absolute atomic E-state index is 13.1. The highest BCUT2D eigenvalue weighted by atomic mass is 19.3. The average Bonchev–Trinajstić information content (AvgIpc) is 2.34. The van der Waals surface area contributed by atoms with Crippen molar-refractivity contribution in [1.29, 1.82) is 0 Å². The lowest BCUT2D eigenvalue weighted by molar-refractivity contribution is -0.123. The van der Waals surface area contributed by atoms with Gasteiger partial charge in [-0.2, -0.15) is 0 Å². The Morgan fingerprint density at radius 3 is 2.22 bits per heavy atom. The molecule has 1 aromatic carbocycles. The van der Waals surface area contributed by atoms with Gasteiger partial charge in [-0.15, -0.1) is 0 Å². The van der Waals surface area contributed by atoms with E-state index in [1.165, 1.54) is 14.2 Å². The fraction of sp³-hybridized carbons (Fsp3) is 0.538. The third kappa shape index (κ3) is 2.03. The number of ether oxygens (including phenoxy) is 2. The Morgan fingerprint density at radius 1 is 1.17 bits per heavy atom. The van der Waals surface area contributed by atoms with Crippen LogP contribution in [0.5, 0.6) is 11.5 Å². The summed E-state index contributed by atoms with van der Waals surface area (Å²) in [5.74, 6) is -1.48. The van der Waals surface area contributed by atoms with Gasteiger partial charge in [0.05, 0.1) is 14.2 Å². The second-order valence-corrected chi connectivity index (χ2v) is 4.76. The van der Waals surface area contributed by atoms with Crippen LogP contribution in [0.1, 0.15) is 18.4 Å². The minimum Gasteiger partial charge on any atom is -0.493 e. The topological polar surface area (TPSA) is 44.5 Å². The van der Waals surface area contributed by atoms with Crippen molar-refractivity contribution in [2.75, 3.05) is 20.8 Å². The zero-order valence-corrected chi connectivity index (χ0v) is 10.5. The van der Waals surface area contributed by atoms with Crippen LogP contribution in [0.4, 0.5) is 8.78 Å². The molecule has 0 atom stereocenters. The van der Waals surface area contributed by atoms with E-state index in [1.54, 1.807) is 18.2 Å². The first kappa shape index (κ1) is 13.1. The molecule has 0 unspecified atom stereocenters. The molecule has 18 heavy (non-hydrogen) atoms. The van der Waals surface area contributed by atoms with Gasteiger partial charge in [0, 0.05) is 24.8 Å². The van der Waals surface area contributed by atoms with Crippen LogP contribution in [-0.2, 0) is 5.41 Å². The summed E-state index contributed by atoms with van der Waals surface area (Å²) >= 11 is 0. The minimum absolute atomic E-state index is 0.202. The van der Waals surface area contributed by atoms with Gasteiger partial charge >= 0.3 is 0 Å². The van der Waals surface area contributed by atoms with Crippen LogP contribution in [-0.4, -0.2) is 26.7 Å². The number of methoxy groups -OCH3 is 2. The predicted molar refractivity (Wildman–Crippen MR) is 64.5 cm³/mol. The van der Waals surface area contributed by atoms with Gasteiger partial charge in [-0.1, -0.05) is 6.07 Å². The number of halogens is 2. The van der Waals surface area contributed by atoms with Gasteiger partial charge in [-0.05, 0) is 17.7 Å². The van der Waals surface area contributed by atoms with Crippen LogP contribution < -0.4 is 15.2 Å². The number of hydrogen-bond donors (Lipinski definition) is 1. The Bertz CT molecular complexity index is 441. The second-order valence-electron chi connectivity index (χ2n) is 4.76. The van der Waals surface area contributed by atoms with Gasteiger partial charge < -0.3 is 15.2 Å². The zero-order chi connectivity index (χ0) is 13.4. The summed E-state index contributed by atoms with van der Waals surface area (Å²) in [6, 6.07) is 5.24. The molecule has 0 radical (unpaired) electrons. The van der Waals surface area contributed by atoms with Crippen LogP contribution in [0.2, 0.25) is 0 Å². The molecule has 0 heterocycles. The first-order chi connectivity index (χ1) is 8.46. The highest BCUT2D eigenvalue weighted by Gasteiger charge is 2.56. The summed E-state index contributed by atoms with van der Waals surface area (Å²) in [7, 11) is 3.06. The lowest BCUT2D eigenvalue weighted by atomic mass is 9.62. The highest BCUT2D eigenvalue weighted by molar-refractivity contribution is 5.46. The maximum Gasteiger partial charge on any atom is 0.250 e. The maximum atomic E-state index is 13.1. The summed E-state index contributed by atoms with van der Waals surface area (Å²) in [5, 5.41) is 0. The molecule has 0 saturated heterocycles. The molecule has 1 fully saturated rings. The Hall–Kier alpha value is -1.36. The second kappa shape index (κ2) is 4.39. The number of rotatable bonds is 4. The molecule has 1 aliphatic carbocycles. The number of benzene rings is 1. The van der Waals surface area contributed by atoms with Crippen molar-refractivity contribution in [3.63, 3.8) is 0 Å². The Morgan fingerprint density at radius 2 is 1.78 bits per heavy atom. The van der Waals surface area contributed by atoms with Crippen molar-refractivity contribution in [3.8, 4) is 11.5 Å². The SMILES string of the molecule is COc1ccc(C2(CN)CC(F)(F)C2)cc1OC. The zero-order valence-electron chi connectivity index (χ0n) is 10.5. The molecule has 5 heteroatoms. The van der Waals surface area contributed by atoms with Crippen LogP contribution >= 0.6 is 0 Å². The first-order valence-corrected chi connectivity index (χ1v) is 5.77. The third-order valence-corrected chi connectivity index (χ3v) is 3.58. The largest absolute Gasteiger partial charge is 0.493 e. The molecular formula is C13H17F2NO2. The van der Waals surface area contributed by atoms with Crippen LogP contribution in [0.3, 0.4) is 0 Å². The van der Waals surface area contributed by atoms with Gasteiger partial charge in [0.15, 0.2) is 11.5 Å². The van der Waals surface area contributed by atoms with Crippen molar-refractivity contribution >= 4 is 0 Å². The molecule has 0 aromatic heterocycles. The quantitative estimate of drug-likeness (QED) is 0.900. The molecule has 1 aromatic rings. The smallest absolute Gasteiger partial charge is 0.250 e. The fourth-order valence-corrected chi connectivity index (χ4v) is 2.57. The summed E-state index contributed by atoms with van der Waals surface area (Å²) in [4.78, 5) is 0. The number of nitrogens with two attached hydrogens (primary N) is 1. The van der Waals surface area contributed by atoms with Crippen molar-refractivity contribution in [3.05, 3.63) is 23.8 Å². The van der Waals surface area contributed by atoms with E-state index in [4.69, 9.17) is 15.2 Å². The fourth-order valence-electron chi connectivity index (χ4n) is 2.57. The summed E-state index contributed by atoms with van der Waals surface area (Å²) in [5.41, 5.74) is 5.83. The Labute approximate surface area is 105 Å². The van der Waals surface area contributed by atoms with Gasteiger partial charge in [0.1, 0.15) is 0 Å². The van der Waals surface area contributed by atoms with E-state index in [0.717, 1.165) is 5.56 Å². The molecule has 2 N–H and O–H groups in total. The van der Waals surface area contributed by atoms with E-state index in [2.05, 4.69) is 0 Å². The average molecular weight is 257 g/mol. The molecule has 0 aliphatic heterocycles. The van der Waals surface area contributed by atoms with Crippen LogP contribution in [0.25, 0.3) is 0 Å². The molecule has 1 aliphatic rings. The van der Waals surface area contributed by atoms with Crippen LogP contribution in [0.15, 0.2) is 18.2 Å². The van der Waals surface area contributed by atoms with Crippen LogP contribution in [0, 0.1) is 0 Å². The molecule has 3 nitrogen and oxygen atoms in total. The molecule has 0 bridgehead atoms. The molecule has 0 spiro atoms. The van der Waals surface area contributed by atoms with E-state index in [9.17, 15) is 8.78 Å². The van der Waals surface area contributed by atoms with E-state index in [1.807, 2.05) is 0 Å². The standard InChI is InChI=1S/C13H17F2NO2/c1-17-10-4-3-9(5-11(10)18-2)12(8-16)6-13(14,15)7-12/h3-5H,6-8,16H2,1-2H3. The minimum atomic E-state index is -2.60. The molecule has 100 valence electrons. The monoisotopic (exact) mass is 257 g/mol. The van der Waals surface area contributed by atoms with Crippen molar-refractivity contribution in [2.45, 2.75) is 24.2 Å². The summed E-state index contributed by atoms with van der Waals surface area (Å²) in [6.45, 7) is 0.206. The molecular weight excluding hydrogens is 240 g/mol. The van der Waals surface area contributed by atoms with Gasteiger partial charge in [-0.3, -0.25) is 0 Å². The van der Waals surface area contributed by atoms with Crippen molar-refractivity contribution in [1.82, 2.24) is 0 Å². The normalized spacial score (nSPS) is 20.1. The van der Waals surface area contributed by atoms with E-state index in [0.29, 0.717) is 11.5 Å². The van der Waals surface area contributed by atoms with E-state index >= 15 is 0 Å². The van der Waals surface area contributed by atoms with Gasteiger partial charge in [0.25, 0.3) is 0 Å². The first-order valence-electron chi connectivity index (χ1n) is 5.77.